The first-order valence-electron chi connectivity index (χ1n) is 7.38. The molecular weight excluding hydrogens is 292 g/mol. The quantitative estimate of drug-likeness (QED) is 0.434. The summed E-state index contributed by atoms with van der Waals surface area (Å²) in [6.07, 6.45) is 0.718. The van der Waals surface area contributed by atoms with Crippen LogP contribution in [0.15, 0.2) is 0 Å². The van der Waals surface area contributed by atoms with Gasteiger partial charge in [-0.3, -0.25) is 14.4 Å². The molecule has 1 aliphatic heterocycles. The van der Waals surface area contributed by atoms with Gasteiger partial charge >= 0.3 is 5.97 Å². The minimum Gasteiger partial charge on any atom is -0.550 e. The molecule has 2 amide bonds. The van der Waals surface area contributed by atoms with Gasteiger partial charge in [0.15, 0.2) is 0 Å². The van der Waals surface area contributed by atoms with Gasteiger partial charge in [-0.25, -0.2) is 0 Å². The maximum Gasteiger partial charge on any atom is 0.308 e. The summed E-state index contributed by atoms with van der Waals surface area (Å²) in [5.74, 6) is -2.79. The van der Waals surface area contributed by atoms with Gasteiger partial charge in [-0.15, -0.1) is 0 Å². The van der Waals surface area contributed by atoms with E-state index < -0.39 is 36.2 Å². The SMILES string of the molecule is CCCCOC(=O)C[C@H]1C(=O)NCCN1C(=O)CCC(=O)[O-]. The number of aliphatic carboxylic acids is 1. The van der Waals surface area contributed by atoms with Crippen molar-refractivity contribution in [3.63, 3.8) is 0 Å². The summed E-state index contributed by atoms with van der Waals surface area (Å²) >= 11 is 0. The monoisotopic (exact) mass is 313 g/mol. The molecule has 0 aromatic heterocycles. The first-order chi connectivity index (χ1) is 10.5. The lowest BCUT2D eigenvalue weighted by Crippen LogP contribution is -2.58. The first-order valence-corrected chi connectivity index (χ1v) is 7.38. The number of carbonyl (C=O) groups excluding carboxylic acids is 4. The van der Waals surface area contributed by atoms with Crippen molar-refractivity contribution in [2.24, 2.45) is 0 Å². The number of esters is 1. The average Bonchev–Trinajstić information content (AvgIpc) is 2.47. The van der Waals surface area contributed by atoms with Gasteiger partial charge in [0.05, 0.1) is 13.0 Å². The van der Waals surface area contributed by atoms with Crippen LogP contribution in [-0.2, 0) is 23.9 Å². The molecule has 0 spiro atoms. The number of carboxylic acid groups (broad SMARTS) is 1. The number of amides is 2. The van der Waals surface area contributed by atoms with Crippen molar-refractivity contribution in [3.05, 3.63) is 0 Å². The molecule has 0 aromatic rings. The zero-order valence-electron chi connectivity index (χ0n) is 12.6. The Bertz CT molecular complexity index is 437. The largest absolute Gasteiger partial charge is 0.550 e. The fourth-order valence-corrected chi connectivity index (χ4v) is 2.12. The summed E-state index contributed by atoms with van der Waals surface area (Å²) < 4.78 is 5.00. The van der Waals surface area contributed by atoms with E-state index in [1.54, 1.807) is 0 Å². The second-order valence-electron chi connectivity index (χ2n) is 5.04. The van der Waals surface area contributed by atoms with E-state index in [2.05, 4.69) is 5.32 Å². The van der Waals surface area contributed by atoms with Gasteiger partial charge in [0.1, 0.15) is 6.04 Å². The molecule has 0 aliphatic carbocycles. The first kappa shape index (κ1) is 17.9. The molecule has 1 heterocycles. The van der Waals surface area contributed by atoms with Crippen LogP contribution >= 0.6 is 0 Å². The molecule has 1 saturated heterocycles. The molecule has 1 N–H and O–H groups in total. The third-order valence-electron chi connectivity index (χ3n) is 3.32. The minimum absolute atomic E-state index is 0.230. The van der Waals surface area contributed by atoms with Crippen LogP contribution in [0.4, 0.5) is 0 Å². The number of nitrogens with zero attached hydrogens (tertiary/aromatic N) is 1. The predicted molar refractivity (Wildman–Crippen MR) is 73.2 cm³/mol. The van der Waals surface area contributed by atoms with Crippen LogP contribution in [0.3, 0.4) is 0 Å². The lowest BCUT2D eigenvalue weighted by Gasteiger charge is -2.34. The Morgan fingerprint density at radius 2 is 2.09 bits per heavy atom. The average molecular weight is 313 g/mol. The van der Waals surface area contributed by atoms with E-state index >= 15 is 0 Å². The van der Waals surface area contributed by atoms with Crippen LogP contribution in [0.1, 0.15) is 39.0 Å². The van der Waals surface area contributed by atoms with Crippen molar-refractivity contribution in [2.45, 2.75) is 45.1 Å². The number of nitrogens with one attached hydrogen (secondary N) is 1. The Morgan fingerprint density at radius 3 is 2.73 bits per heavy atom. The van der Waals surface area contributed by atoms with E-state index in [4.69, 9.17) is 4.74 Å². The van der Waals surface area contributed by atoms with Crippen molar-refractivity contribution >= 4 is 23.8 Å². The third kappa shape index (κ3) is 5.71. The second kappa shape index (κ2) is 9.01. The molecule has 8 heteroatoms. The van der Waals surface area contributed by atoms with Crippen molar-refractivity contribution in [3.8, 4) is 0 Å². The van der Waals surface area contributed by atoms with Gasteiger partial charge < -0.3 is 24.9 Å². The summed E-state index contributed by atoms with van der Waals surface area (Å²) in [5, 5.41) is 13.0. The van der Waals surface area contributed by atoms with Gasteiger partial charge in [-0.2, -0.15) is 0 Å². The van der Waals surface area contributed by atoms with Gasteiger partial charge in [0.25, 0.3) is 0 Å². The molecule has 0 unspecified atom stereocenters. The Hall–Kier alpha value is -2.12. The van der Waals surface area contributed by atoms with Gasteiger partial charge in [-0.1, -0.05) is 13.3 Å². The lowest BCUT2D eigenvalue weighted by molar-refractivity contribution is -0.305. The second-order valence-corrected chi connectivity index (χ2v) is 5.04. The molecule has 0 bridgehead atoms. The molecule has 0 radical (unpaired) electrons. The smallest absolute Gasteiger partial charge is 0.308 e. The molecule has 1 rings (SSSR count). The summed E-state index contributed by atoms with van der Waals surface area (Å²) in [4.78, 5) is 47.3. The number of rotatable bonds is 8. The van der Waals surface area contributed by atoms with Crippen molar-refractivity contribution in [1.29, 1.82) is 0 Å². The number of carboxylic acids is 1. The van der Waals surface area contributed by atoms with Crippen LogP contribution in [0, 0.1) is 0 Å². The summed E-state index contributed by atoms with van der Waals surface area (Å²) in [5.41, 5.74) is 0. The van der Waals surface area contributed by atoms with Crippen molar-refractivity contribution in [1.82, 2.24) is 10.2 Å². The van der Waals surface area contributed by atoms with E-state index in [0.717, 1.165) is 12.8 Å². The highest BCUT2D eigenvalue weighted by atomic mass is 16.5. The van der Waals surface area contributed by atoms with E-state index in [1.807, 2.05) is 6.92 Å². The van der Waals surface area contributed by atoms with Gasteiger partial charge in [-0.05, 0) is 12.8 Å². The fraction of sp³-hybridized carbons (Fsp3) is 0.714. The topological polar surface area (TPSA) is 116 Å². The number of carbonyl (C=O) groups is 4. The molecule has 1 fully saturated rings. The lowest BCUT2D eigenvalue weighted by atomic mass is 10.1. The molecular formula is C14H21N2O6-. The van der Waals surface area contributed by atoms with E-state index in [-0.39, 0.29) is 32.5 Å². The minimum atomic E-state index is -1.33. The highest BCUT2D eigenvalue weighted by Gasteiger charge is 2.34. The van der Waals surface area contributed by atoms with E-state index in [0.29, 0.717) is 0 Å². The maximum absolute atomic E-state index is 12.0. The maximum atomic E-state index is 12.0. The molecule has 1 atom stereocenters. The Labute approximate surface area is 128 Å². The van der Waals surface area contributed by atoms with Crippen molar-refractivity contribution in [2.75, 3.05) is 19.7 Å². The van der Waals surface area contributed by atoms with Gasteiger partial charge in [0, 0.05) is 25.5 Å². The van der Waals surface area contributed by atoms with Crippen molar-refractivity contribution < 1.29 is 29.0 Å². The van der Waals surface area contributed by atoms with Gasteiger partial charge in [0.2, 0.25) is 11.8 Å². The molecule has 0 aromatic carbocycles. The predicted octanol–water partition coefficient (Wildman–Crippen LogP) is -1.42. The van der Waals surface area contributed by atoms with E-state index in [1.165, 1.54) is 4.90 Å². The number of piperazine rings is 1. The Kier molecular flexibility index (Phi) is 7.34. The number of unbranched alkanes of at least 4 members (excludes halogenated alkanes) is 1. The summed E-state index contributed by atoms with van der Waals surface area (Å²) in [6.45, 7) is 2.75. The molecule has 22 heavy (non-hydrogen) atoms. The van der Waals surface area contributed by atoms with Crippen LogP contribution in [0.5, 0.6) is 0 Å². The normalized spacial score (nSPS) is 17.8. The summed E-state index contributed by atoms with van der Waals surface area (Å²) in [6, 6.07) is -0.947. The highest BCUT2D eigenvalue weighted by Crippen LogP contribution is 2.12. The van der Waals surface area contributed by atoms with Crippen LogP contribution < -0.4 is 10.4 Å². The standard InChI is InChI=1S/C14H22N2O6/c1-2-3-8-22-13(20)9-10-14(21)15-6-7-16(10)11(17)4-5-12(18)19/h10H,2-9H2,1H3,(H,15,21)(H,18,19)/p-1/t10-/m0/s1. The third-order valence-corrected chi connectivity index (χ3v) is 3.32. The zero-order chi connectivity index (χ0) is 16.5. The Balaban J connectivity index is 2.60. The van der Waals surface area contributed by atoms with Crippen LogP contribution in [0.25, 0.3) is 0 Å². The zero-order valence-corrected chi connectivity index (χ0v) is 12.6. The fourth-order valence-electron chi connectivity index (χ4n) is 2.12. The van der Waals surface area contributed by atoms with E-state index in [9.17, 15) is 24.3 Å². The highest BCUT2D eigenvalue weighted by molar-refractivity contribution is 5.92. The van der Waals surface area contributed by atoms with Crippen LogP contribution in [0.2, 0.25) is 0 Å². The van der Waals surface area contributed by atoms with Crippen LogP contribution in [-0.4, -0.2) is 54.4 Å². The Morgan fingerprint density at radius 1 is 1.36 bits per heavy atom. The summed E-state index contributed by atoms with van der Waals surface area (Å²) in [7, 11) is 0. The molecule has 8 nitrogen and oxygen atoms in total. The number of hydrogen-bond acceptors (Lipinski definition) is 6. The molecule has 124 valence electrons. The number of ether oxygens (including phenoxy) is 1. The molecule has 1 aliphatic rings. The molecule has 0 saturated carbocycles. The number of hydrogen-bond donors (Lipinski definition) is 1.